The molecule has 0 fully saturated rings. The number of carbonyl (C=O) groups is 1. The second-order valence-electron chi connectivity index (χ2n) is 4.45. The summed E-state index contributed by atoms with van der Waals surface area (Å²) in [7, 11) is -3.82. The molecule has 0 saturated carbocycles. The zero-order valence-corrected chi connectivity index (χ0v) is 12.4. The van der Waals surface area contributed by atoms with Gasteiger partial charge in [0.2, 0.25) is 10.0 Å². The first kappa shape index (κ1) is 16.4. The fourth-order valence-electron chi connectivity index (χ4n) is 1.78. The monoisotopic (exact) mass is 297 g/mol. The van der Waals surface area contributed by atoms with Crippen LogP contribution >= 0.6 is 0 Å². The van der Waals surface area contributed by atoms with Crippen LogP contribution in [0.5, 0.6) is 0 Å². The van der Waals surface area contributed by atoms with Crippen molar-refractivity contribution in [1.82, 2.24) is 4.72 Å². The molecule has 0 amide bonds. The summed E-state index contributed by atoms with van der Waals surface area (Å²) in [5.74, 6) is -1.17. The van der Waals surface area contributed by atoms with Crippen LogP contribution in [-0.4, -0.2) is 25.0 Å². The second kappa shape index (κ2) is 6.67. The molecule has 0 atom stereocenters. The summed E-state index contributed by atoms with van der Waals surface area (Å²) in [4.78, 5) is 11.3. The molecule has 1 aromatic rings. The molecule has 0 aliphatic carbocycles. The average Bonchev–Trinajstić information content (AvgIpc) is 2.44. The molecule has 0 heterocycles. The van der Waals surface area contributed by atoms with Crippen molar-refractivity contribution in [3.8, 4) is 0 Å². The Bertz CT molecular complexity index is 574. The quantitative estimate of drug-likeness (QED) is 0.808. The Morgan fingerprint density at radius 1 is 1.25 bits per heavy atom. The Balaban J connectivity index is 2.95. The Kier molecular flexibility index (Phi) is 5.47. The molecule has 0 aromatic heterocycles. The largest absolute Gasteiger partial charge is 0.480 e. The van der Waals surface area contributed by atoms with E-state index in [4.69, 9.17) is 0 Å². The van der Waals surface area contributed by atoms with Crippen molar-refractivity contribution in [3.63, 3.8) is 0 Å². The maximum absolute atomic E-state index is 12.0. The van der Waals surface area contributed by atoms with Crippen molar-refractivity contribution < 1.29 is 18.3 Å². The number of carboxylic acid groups (broad SMARTS) is 1. The van der Waals surface area contributed by atoms with Gasteiger partial charge in [0.05, 0.1) is 0 Å². The normalized spacial score (nSPS) is 12.7. The molecule has 0 aliphatic rings. The van der Waals surface area contributed by atoms with E-state index in [2.05, 4.69) is 4.72 Å². The highest BCUT2D eigenvalue weighted by molar-refractivity contribution is 7.92. The van der Waals surface area contributed by atoms with Crippen LogP contribution in [0.3, 0.4) is 0 Å². The Morgan fingerprint density at radius 3 is 2.25 bits per heavy atom. The predicted molar refractivity (Wildman–Crippen MR) is 78.5 cm³/mol. The highest BCUT2D eigenvalue weighted by atomic mass is 32.2. The molecular weight excluding hydrogens is 278 g/mol. The van der Waals surface area contributed by atoms with E-state index in [-0.39, 0.29) is 12.8 Å². The molecule has 0 saturated heterocycles. The van der Waals surface area contributed by atoms with Crippen LogP contribution in [0.2, 0.25) is 0 Å². The van der Waals surface area contributed by atoms with Gasteiger partial charge in [0.15, 0.2) is 0 Å². The highest BCUT2D eigenvalue weighted by Crippen LogP contribution is 2.17. The lowest BCUT2D eigenvalue weighted by Gasteiger charge is -2.26. The molecule has 0 radical (unpaired) electrons. The van der Waals surface area contributed by atoms with E-state index in [0.717, 1.165) is 11.0 Å². The van der Waals surface area contributed by atoms with Gasteiger partial charge in [0, 0.05) is 5.41 Å². The number of hydrogen-bond acceptors (Lipinski definition) is 3. The molecule has 6 heteroatoms. The highest BCUT2D eigenvalue weighted by Gasteiger charge is 2.38. The van der Waals surface area contributed by atoms with Crippen LogP contribution in [-0.2, 0) is 14.8 Å². The topological polar surface area (TPSA) is 83.5 Å². The SMILES string of the molecule is CCC(CC)(NS(=O)(=O)C=Cc1ccccc1)C(=O)O. The van der Waals surface area contributed by atoms with Crippen molar-refractivity contribution in [1.29, 1.82) is 0 Å². The Hall–Kier alpha value is -1.66. The first-order valence-electron chi connectivity index (χ1n) is 6.35. The molecule has 1 aromatic carbocycles. The Morgan fingerprint density at radius 2 is 1.80 bits per heavy atom. The summed E-state index contributed by atoms with van der Waals surface area (Å²) in [5, 5.41) is 10.2. The predicted octanol–water partition coefficient (Wildman–Crippen LogP) is 2.22. The molecule has 0 unspecified atom stereocenters. The van der Waals surface area contributed by atoms with Gasteiger partial charge in [-0.05, 0) is 24.5 Å². The van der Waals surface area contributed by atoms with Crippen LogP contribution in [0.25, 0.3) is 6.08 Å². The first-order chi connectivity index (χ1) is 9.35. The van der Waals surface area contributed by atoms with Crippen LogP contribution in [0, 0.1) is 0 Å². The van der Waals surface area contributed by atoms with Crippen LogP contribution in [0.1, 0.15) is 32.3 Å². The first-order valence-corrected chi connectivity index (χ1v) is 7.90. The van der Waals surface area contributed by atoms with Crippen LogP contribution in [0.15, 0.2) is 35.7 Å². The third kappa shape index (κ3) is 4.18. The molecular formula is C14H19NO4S. The summed E-state index contributed by atoms with van der Waals surface area (Å²) in [6.07, 6.45) is 1.79. The van der Waals surface area contributed by atoms with Crippen LogP contribution in [0.4, 0.5) is 0 Å². The van der Waals surface area contributed by atoms with Gasteiger partial charge >= 0.3 is 5.97 Å². The number of carboxylic acids is 1. The van der Waals surface area contributed by atoms with Gasteiger partial charge in [0.1, 0.15) is 5.54 Å². The van der Waals surface area contributed by atoms with Gasteiger partial charge in [-0.3, -0.25) is 4.79 Å². The van der Waals surface area contributed by atoms with Crippen molar-refractivity contribution in [2.75, 3.05) is 0 Å². The van der Waals surface area contributed by atoms with Crippen molar-refractivity contribution >= 4 is 22.1 Å². The number of benzene rings is 1. The number of nitrogens with one attached hydrogen (secondary N) is 1. The van der Waals surface area contributed by atoms with Gasteiger partial charge in [-0.25, -0.2) is 8.42 Å². The molecule has 0 spiro atoms. The Labute approximate surface area is 119 Å². The van der Waals surface area contributed by atoms with E-state index in [9.17, 15) is 18.3 Å². The fraction of sp³-hybridized carbons (Fsp3) is 0.357. The van der Waals surface area contributed by atoms with Crippen molar-refractivity contribution in [2.24, 2.45) is 0 Å². The summed E-state index contributed by atoms with van der Waals surface area (Å²) >= 11 is 0. The third-order valence-electron chi connectivity index (χ3n) is 3.19. The van der Waals surface area contributed by atoms with Gasteiger partial charge < -0.3 is 5.11 Å². The van der Waals surface area contributed by atoms with Crippen LogP contribution < -0.4 is 4.72 Å². The zero-order valence-electron chi connectivity index (χ0n) is 11.5. The molecule has 1 rings (SSSR count). The van der Waals surface area contributed by atoms with E-state index < -0.39 is 21.5 Å². The maximum atomic E-state index is 12.0. The van der Waals surface area contributed by atoms with E-state index >= 15 is 0 Å². The third-order valence-corrected chi connectivity index (χ3v) is 4.36. The number of sulfonamides is 1. The summed E-state index contributed by atoms with van der Waals surface area (Å²) in [6, 6.07) is 8.93. The fourth-order valence-corrected chi connectivity index (χ4v) is 3.10. The van der Waals surface area contributed by atoms with E-state index in [1.54, 1.807) is 38.1 Å². The van der Waals surface area contributed by atoms with Crippen molar-refractivity contribution in [2.45, 2.75) is 32.2 Å². The lowest BCUT2D eigenvalue weighted by atomic mass is 9.95. The molecule has 0 aliphatic heterocycles. The molecule has 0 bridgehead atoms. The second-order valence-corrected chi connectivity index (χ2v) is 6.02. The van der Waals surface area contributed by atoms with Gasteiger partial charge in [-0.1, -0.05) is 44.2 Å². The minimum absolute atomic E-state index is 0.178. The average molecular weight is 297 g/mol. The number of hydrogen-bond donors (Lipinski definition) is 2. The zero-order chi connectivity index (χ0) is 15.2. The minimum atomic E-state index is -3.82. The number of aliphatic carboxylic acids is 1. The molecule has 20 heavy (non-hydrogen) atoms. The lowest BCUT2D eigenvalue weighted by Crippen LogP contribution is -2.53. The minimum Gasteiger partial charge on any atom is -0.480 e. The maximum Gasteiger partial charge on any atom is 0.324 e. The molecule has 2 N–H and O–H groups in total. The lowest BCUT2D eigenvalue weighted by molar-refractivity contribution is -0.144. The summed E-state index contributed by atoms with van der Waals surface area (Å²) in [6.45, 7) is 3.28. The van der Waals surface area contributed by atoms with Gasteiger partial charge in [-0.2, -0.15) is 4.72 Å². The molecule has 110 valence electrons. The van der Waals surface area contributed by atoms with E-state index in [1.807, 2.05) is 6.07 Å². The van der Waals surface area contributed by atoms with Crippen molar-refractivity contribution in [3.05, 3.63) is 41.3 Å². The number of rotatable bonds is 7. The summed E-state index contributed by atoms with van der Waals surface area (Å²) < 4.78 is 26.2. The summed E-state index contributed by atoms with van der Waals surface area (Å²) in [5.41, 5.74) is -0.730. The standard InChI is InChI=1S/C14H19NO4S/c1-3-14(4-2,13(16)17)15-20(18,19)11-10-12-8-6-5-7-9-12/h5-11,15H,3-4H2,1-2H3,(H,16,17). The smallest absolute Gasteiger partial charge is 0.324 e. The van der Waals surface area contributed by atoms with Gasteiger partial charge in [0.25, 0.3) is 0 Å². The van der Waals surface area contributed by atoms with Gasteiger partial charge in [-0.15, -0.1) is 0 Å². The molecule has 5 nitrogen and oxygen atoms in total. The van der Waals surface area contributed by atoms with E-state index in [0.29, 0.717) is 0 Å². The van der Waals surface area contributed by atoms with E-state index in [1.165, 1.54) is 6.08 Å².